The summed E-state index contributed by atoms with van der Waals surface area (Å²) in [4.78, 5) is 16.4. The number of rotatable bonds is 7. The van der Waals surface area contributed by atoms with Crippen LogP contribution in [0.3, 0.4) is 0 Å². The fourth-order valence-corrected chi connectivity index (χ4v) is 3.67. The van der Waals surface area contributed by atoms with Crippen molar-refractivity contribution < 1.29 is 14.3 Å². The lowest BCUT2D eigenvalue weighted by atomic mass is 10.1. The van der Waals surface area contributed by atoms with Crippen LogP contribution in [0.5, 0.6) is 11.5 Å². The molecule has 1 aliphatic rings. The number of hydrogen-bond donors (Lipinski definition) is 0. The zero-order valence-corrected chi connectivity index (χ0v) is 18.7. The molecule has 0 radical (unpaired) electrons. The summed E-state index contributed by atoms with van der Waals surface area (Å²) in [5.74, 6) is 0.851. The smallest absolute Gasteiger partial charge is 0.277 e. The molecule has 1 amide bonds. The third-order valence-corrected chi connectivity index (χ3v) is 5.12. The second-order valence-electron chi connectivity index (χ2n) is 6.88. The van der Waals surface area contributed by atoms with Gasteiger partial charge in [-0.1, -0.05) is 35.9 Å². The van der Waals surface area contributed by atoms with Crippen molar-refractivity contribution in [3.05, 3.63) is 71.4 Å². The Morgan fingerprint density at radius 3 is 2.50 bits per heavy atom. The number of ether oxygens (including phenoxy) is 2. The van der Waals surface area contributed by atoms with Gasteiger partial charge in [-0.3, -0.25) is 14.6 Å². The number of anilines is 1. The van der Waals surface area contributed by atoms with E-state index in [2.05, 4.69) is 6.58 Å². The van der Waals surface area contributed by atoms with E-state index in [0.29, 0.717) is 39.4 Å². The molecule has 0 spiro atoms. The number of benzene rings is 2. The van der Waals surface area contributed by atoms with Crippen LogP contribution in [0.15, 0.2) is 60.8 Å². The maximum absolute atomic E-state index is 13.2. The second-order valence-corrected chi connectivity index (χ2v) is 7.65. The lowest BCUT2D eigenvalue weighted by Crippen LogP contribution is -2.32. The lowest BCUT2D eigenvalue weighted by Gasteiger charge is -2.20. The van der Waals surface area contributed by atoms with Crippen molar-refractivity contribution in [1.29, 1.82) is 0 Å². The largest absolute Gasteiger partial charge is 0.493 e. The fourth-order valence-electron chi connectivity index (χ4n) is 3.10. The minimum Gasteiger partial charge on any atom is -0.493 e. The van der Waals surface area contributed by atoms with Gasteiger partial charge in [0.25, 0.3) is 5.91 Å². The van der Waals surface area contributed by atoms with E-state index in [0.717, 1.165) is 5.69 Å². The second kappa shape index (κ2) is 9.32. The summed E-state index contributed by atoms with van der Waals surface area (Å²) < 4.78 is 11.2. The van der Waals surface area contributed by atoms with Gasteiger partial charge < -0.3 is 9.47 Å². The van der Waals surface area contributed by atoms with Gasteiger partial charge in [-0.2, -0.15) is 0 Å². The first kappa shape index (κ1) is 21.9. The van der Waals surface area contributed by atoms with Crippen LogP contribution in [0.2, 0.25) is 5.02 Å². The number of hydrogen-bond acceptors (Lipinski definition) is 4. The number of para-hydroxylation sites is 1. The number of amides is 1. The summed E-state index contributed by atoms with van der Waals surface area (Å²) in [7, 11) is 1.56. The molecule has 2 aromatic carbocycles. The minimum absolute atomic E-state index is 0.0333. The summed E-state index contributed by atoms with van der Waals surface area (Å²) in [6, 6.07) is 12.9. The average molecular weight is 443 g/mol. The first-order valence-electron chi connectivity index (χ1n) is 9.45. The van der Waals surface area contributed by atoms with E-state index in [1.54, 1.807) is 36.3 Å². The Bertz CT molecular complexity index is 1010. The monoisotopic (exact) mass is 442 g/mol. The summed E-state index contributed by atoms with van der Waals surface area (Å²) >= 11 is 12.1. The average Bonchev–Trinajstić information content (AvgIpc) is 2.94. The summed E-state index contributed by atoms with van der Waals surface area (Å²) in [5.41, 5.74) is 1.81. The third kappa shape index (κ3) is 4.35. The summed E-state index contributed by atoms with van der Waals surface area (Å²) in [5, 5.41) is 0.827. The molecule has 0 bridgehead atoms. The van der Waals surface area contributed by atoms with Crippen molar-refractivity contribution in [2.24, 2.45) is 0 Å². The topological polar surface area (TPSA) is 42.0 Å². The molecule has 7 heteroatoms. The Balaban J connectivity index is 2.12. The zero-order chi connectivity index (χ0) is 21.8. The van der Waals surface area contributed by atoms with Crippen LogP contribution in [0.25, 0.3) is 6.08 Å². The molecule has 30 heavy (non-hydrogen) atoms. The third-order valence-electron chi connectivity index (χ3n) is 4.39. The van der Waals surface area contributed by atoms with Gasteiger partial charge in [-0.25, -0.2) is 0 Å². The first-order chi connectivity index (χ1) is 14.4. The van der Waals surface area contributed by atoms with Gasteiger partial charge in [0.2, 0.25) is 0 Å². The highest BCUT2D eigenvalue weighted by atomic mass is 35.5. The number of thiocarbonyl (C=S) groups is 1. The van der Waals surface area contributed by atoms with E-state index in [-0.39, 0.29) is 12.0 Å². The minimum atomic E-state index is -0.221. The van der Waals surface area contributed by atoms with Gasteiger partial charge in [0.15, 0.2) is 16.6 Å². The number of nitrogens with zero attached hydrogens (tertiary/aromatic N) is 2. The molecule has 0 N–H and O–H groups in total. The molecule has 2 aromatic rings. The van der Waals surface area contributed by atoms with Crippen LogP contribution in [0, 0.1) is 0 Å². The van der Waals surface area contributed by atoms with Crippen LogP contribution in [0.4, 0.5) is 5.69 Å². The molecule has 0 aromatic heterocycles. The Hall–Kier alpha value is -2.83. The molecule has 3 rings (SSSR count). The highest BCUT2D eigenvalue weighted by molar-refractivity contribution is 7.80. The number of carbonyl (C=O) groups is 1. The molecule has 1 fully saturated rings. The maximum Gasteiger partial charge on any atom is 0.277 e. The van der Waals surface area contributed by atoms with Crippen LogP contribution >= 0.6 is 23.8 Å². The molecular formula is C23H23ClN2O3S. The predicted octanol–water partition coefficient (Wildman–Crippen LogP) is 5.30. The Morgan fingerprint density at radius 1 is 1.20 bits per heavy atom. The molecule has 1 heterocycles. The van der Waals surface area contributed by atoms with Crippen molar-refractivity contribution in [3.63, 3.8) is 0 Å². The molecule has 0 aliphatic carbocycles. The first-order valence-corrected chi connectivity index (χ1v) is 10.2. The van der Waals surface area contributed by atoms with E-state index in [4.69, 9.17) is 33.3 Å². The van der Waals surface area contributed by atoms with Gasteiger partial charge in [0.1, 0.15) is 5.70 Å². The van der Waals surface area contributed by atoms with Crippen molar-refractivity contribution >= 4 is 46.6 Å². The maximum atomic E-state index is 13.2. The van der Waals surface area contributed by atoms with E-state index < -0.39 is 0 Å². The predicted molar refractivity (Wildman–Crippen MR) is 125 cm³/mol. The standard InChI is InChI=1S/C23H23ClN2O3S/c1-5-11-25-22(27)19(26(23(25)30)17-9-7-6-8-10-17)12-16-13-20(28-4)21(14-18(16)24)29-15(2)3/h5-10,12-15H,1,11H2,2-4H3/b19-12+. The lowest BCUT2D eigenvalue weighted by molar-refractivity contribution is -0.121. The molecule has 1 saturated heterocycles. The molecule has 5 nitrogen and oxygen atoms in total. The van der Waals surface area contributed by atoms with Gasteiger partial charge in [-0.15, -0.1) is 6.58 Å². The quantitative estimate of drug-likeness (QED) is 0.331. The summed E-state index contributed by atoms with van der Waals surface area (Å²) in [6.07, 6.45) is 3.33. The van der Waals surface area contributed by atoms with Crippen LogP contribution < -0.4 is 14.4 Å². The molecule has 1 aliphatic heterocycles. The highest BCUT2D eigenvalue weighted by Gasteiger charge is 2.38. The van der Waals surface area contributed by atoms with Crippen molar-refractivity contribution in [2.75, 3.05) is 18.6 Å². The van der Waals surface area contributed by atoms with E-state index in [9.17, 15) is 4.79 Å². The van der Waals surface area contributed by atoms with Crippen LogP contribution in [-0.4, -0.2) is 35.7 Å². The van der Waals surface area contributed by atoms with E-state index >= 15 is 0 Å². The number of carbonyl (C=O) groups excluding carboxylic acids is 1. The molecule has 0 saturated carbocycles. The molecule has 156 valence electrons. The zero-order valence-electron chi connectivity index (χ0n) is 17.1. The van der Waals surface area contributed by atoms with Crippen LogP contribution in [-0.2, 0) is 4.79 Å². The van der Waals surface area contributed by atoms with Crippen molar-refractivity contribution in [3.8, 4) is 11.5 Å². The van der Waals surface area contributed by atoms with Gasteiger partial charge in [0.05, 0.1) is 18.2 Å². The normalized spacial score (nSPS) is 15.3. The Kier molecular flexibility index (Phi) is 6.80. The SMILES string of the molecule is C=CCN1C(=O)/C(=C\c2cc(OC)c(OC(C)C)cc2Cl)N(c2ccccc2)C1=S. The van der Waals surface area contributed by atoms with E-state index in [1.807, 2.05) is 44.2 Å². The highest BCUT2D eigenvalue weighted by Crippen LogP contribution is 2.37. The van der Waals surface area contributed by atoms with Gasteiger partial charge >= 0.3 is 0 Å². The van der Waals surface area contributed by atoms with Crippen molar-refractivity contribution in [2.45, 2.75) is 20.0 Å². The van der Waals surface area contributed by atoms with E-state index in [1.165, 1.54) is 4.90 Å². The Morgan fingerprint density at radius 2 is 1.90 bits per heavy atom. The number of methoxy groups -OCH3 is 1. The fraction of sp³-hybridized carbons (Fsp3) is 0.217. The van der Waals surface area contributed by atoms with Crippen molar-refractivity contribution in [1.82, 2.24) is 4.90 Å². The number of halogens is 1. The van der Waals surface area contributed by atoms with Gasteiger partial charge in [0, 0.05) is 18.3 Å². The summed E-state index contributed by atoms with van der Waals surface area (Å²) in [6.45, 7) is 7.89. The molecule has 0 unspecified atom stereocenters. The molecule has 0 atom stereocenters. The Labute approximate surface area is 187 Å². The molecular weight excluding hydrogens is 420 g/mol. The van der Waals surface area contributed by atoms with Gasteiger partial charge in [-0.05, 0) is 55.9 Å². The van der Waals surface area contributed by atoms with Crippen LogP contribution in [0.1, 0.15) is 19.4 Å².